The molecule has 0 spiro atoms. The lowest BCUT2D eigenvalue weighted by molar-refractivity contribution is 0.102. The third-order valence-electron chi connectivity index (χ3n) is 4.90. The van der Waals surface area contributed by atoms with E-state index in [1.165, 1.54) is 11.8 Å². The van der Waals surface area contributed by atoms with Crippen LogP contribution in [-0.4, -0.2) is 44.6 Å². The Morgan fingerprint density at radius 2 is 1.93 bits per heavy atom. The number of aryl methyl sites for hydroxylation is 1. The monoisotopic (exact) mass is 432 g/mol. The van der Waals surface area contributed by atoms with Crippen molar-refractivity contribution < 1.29 is 9.53 Å². The summed E-state index contributed by atoms with van der Waals surface area (Å²) >= 11 is 7.35. The Morgan fingerprint density at radius 3 is 2.59 bits per heavy atom. The second-order valence-corrected chi connectivity index (χ2v) is 8.42. The maximum atomic E-state index is 12.9. The van der Waals surface area contributed by atoms with Crippen LogP contribution < -0.4 is 0 Å². The lowest BCUT2D eigenvalue weighted by Crippen LogP contribution is -2.14. The van der Waals surface area contributed by atoms with Crippen LogP contribution >= 0.6 is 23.4 Å². The largest absolute Gasteiger partial charge is 0.383 e. The minimum Gasteiger partial charge on any atom is -0.383 e. The molecule has 0 aliphatic heterocycles. The standard InChI is InChI=1S/C21H25ClN4O2S/c1-13-10-18(15(3)26(13)14(2)11-28-5)19(27)12-29-21-24-23-20(25(21)4)16-6-8-17(22)9-7-16/h6-10,14H,11-12H2,1-5H3. The number of hydrogen-bond donors (Lipinski definition) is 0. The number of methoxy groups -OCH3 is 1. The molecule has 29 heavy (non-hydrogen) atoms. The fourth-order valence-electron chi connectivity index (χ4n) is 3.55. The van der Waals surface area contributed by atoms with Gasteiger partial charge in [-0.05, 0) is 51.1 Å². The molecule has 6 nitrogen and oxygen atoms in total. The highest BCUT2D eigenvalue weighted by atomic mass is 35.5. The quantitative estimate of drug-likeness (QED) is 0.380. The number of halogens is 1. The molecule has 0 amide bonds. The molecule has 2 aromatic heterocycles. The van der Waals surface area contributed by atoms with Crippen LogP contribution in [0.5, 0.6) is 0 Å². The van der Waals surface area contributed by atoms with Gasteiger partial charge < -0.3 is 13.9 Å². The van der Waals surface area contributed by atoms with E-state index in [1.807, 2.05) is 55.8 Å². The predicted octanol–water partition coefficient (Wildman–Crippen LogP) is 4.74. The number of aromatic nitrogens is 4. The first-order valence-corrected chi connectivity index (χ1v) is 10.7. The van der Waals surface area contributed by atoms with Crippen molar-refractivity contribution in [3.8, 4) is 11.4 Å². The van der Waals surface area contributed by atoms with E-state index in [-0.39, 0.29) is 11.8 Å². The smallest absolute Gasteiger partial charge is 0.191 e. The van der Waals surface area contributed by atoms with E-state index in [2.05, 4.69) is 21.7 Å². The van der Waals surface area contributed by atoms with Gasteiger partial charge in [-0.25, -0.2) is 0 Å². The number of carbonyl (C=O) groups excluding carboxylic acids is 1. The summed E-state index contributed by atoms with van der Waals surface area (Å²) in [5.74, 6) is 1.12. The SMILES string of the molecule is COCC(C)n1c(C)cc(C(=O)CSc2nnc(-c3ccc(Cl)cc3)n2C)c1C. The zero-order chi connectivity index (χ0) is 21.1. The van der Waals surface area contributed by atoms with Gasteiger partial charge in [0, 0.05) is 41.7 Å². The van der Waals surface area contributed by atoms with Crippen LogP contribution in [0.2, 0.25) is 5.02 Å². The molecule has 154 valence electrons. The molecule has 1 atom stereocenters. The first-order chi connectivity index (χ1) is 13.8. The first-order valence-electron chi connectivity index (χ1n) is 9.32. The Labute approximate surface area is 180 Å². The topological polar surface area (TPSA) is 61.9 Å². The van der Waals surface area contributed by atoms with Gasteiger partial charge in [0.05, 0.1) is 18.4 Å². The zero-order valence-corrected chi connectivity index (χ0v) is 18.8. The summed E-state index contributed by atoms with van der Waals surface area (Å²) in [7, 11) is 3.58. The van der Waals surface area contributed by atoms with E-state index in [9.17, 15) is 4.79 Å². The molecule has 0 radical (unpaired) electrons. The van der Waals surface area contributed by atoms with Gasteiger partial charge >= 0.3 is 0 Å². The molecule has 0 bridgehead atoms. The van der Waals surface area contributed by atoms with Gasteiger partial charge in [0.1, 0.15) is 0 Å². The van der Waals surface area contributed by atoms with Crippen LogP contribution in [0.15, 0.2) is 35.5 Å². The Kier molecular flexibility index (Phi) is 6.82. The van der Waals surface area contributed by atoms with Gasteiger partial charge in [0.2, 0.25) is 0 Å². The number of nitrogens with zero attached hydrogens (tertiary/aromatic N) is 4. The number of ether oxygens (including phenoxy) is 1. The fraction of sp³-hybridized carbons (Fsp3) is 0.381. The molecule has 1 aromatic carbocycles. The number of Topliss-reactive ketones (excluding diaryl/α,β-unsaturated/α-hetero) is 1. The molecule has 0 fully saturated rings. The van der Waals surface area contributed by atoms with Crippen molar-refractivity contribution >= 4 is 29.1 Å². The van der Waals surface area contributed by atoms with Crippen molar-refractivity contribution in [1.82, 2.24) is 19.3 Å². The van der Waals surface area contributed by atoms with Gasteiger partial charge in [0.25, 0.3) is 0 Å². The van der Waals surface area contributed by atoms with E-state index in [0.29, 0.717) is 22.5 Å². The first kappa shape index (κ1) is 21.6. The van der Waals surface area contributed by atoms with Gasteiger partial charge in [-0.2, -0.15) is 0 Å². The normalized spacial score (nSPS) is 12.3. The third-order valence-corrected chi connectivity index (χ3v) is 6.18. The van der Waals surface area contributed by atoms with Crippen LogP contribution in [0.3, 0.4) is 0 Å². The third kappa shape index (κ3) is 4.57. The summed E-state index contributed by atoms with van der Waals surface area (Å²) in [4.78, 5) is 12.9. The number of thioether (sulfide) groups is 1. The summed E-state index contributed by atoms with van der Waals surface area (Å²) in [6, 6.07) is 9.59. The van der Waals surface area contributed by atoms with E-state index < -0.39 is 0 Å². The van der Waals surface area contributed by atoms with Gasteiger partial charge in [0.15, 0.2) is 16.8 Å². The Balaban J connectivity index is 1.73. The number of rotatable bonds is 8. The predicted molar refractivity (Wildman–Crippen MR) is 117 cm³/mol. The lowest BCUT2D eigenvalue weighted by atomic mass is 10.2. The van der Waals surface area contributed by atoms with Crippen LogP contribution in [0.1, 0.15) is 34.7 Å². The van der Waals surface area contributed by atoms with E-state index >= 15 is 0 Å². The number of hydrogen-bond acceptors (Lipinski definition) is 5. The number of carbonyl (C=O) groups is 1. The van der Waals surface area contributed by atoms with Crippen molar-refractivity contribution in [1.29, 1.82) is 0 Å². The highest BCUT2D eigenvalue weighted by Crippen LogP contribution is 2.26. The van der Waals surface area contributed by atoms with Crippen LogP contribution in [0.25, 0.3) is 11.4 Å². The Hall–Kier alpha value is -2.09. The van der Waals surface area contributed by atoms with Crippen LogP contribution in [0.4, 0.5) is 0 Å². The molecule has 0 saturated carbocycles. The van der Waals surface area contributed by atoms with E-state index in [4.69, 9.17) is 16.3 Å². The van der Waals surface area contributed by atoms with Gasteiger partial charge in [-0.1, -0.05) is 23.4 Å². The second kappa shape index (κ2) is 9.15. The molecular formula is C21H25ClN4O2S. The fourth-order valence-corrected chi connectivity index (χ4v) is 4.47. The van der Waals surface area contributed by atoms with E-state index in [0.717, 1.165) is 28.3 Å². The molecule has 3 rings (SSSR count). The zero-order valence-electron chi connectivity index (χ0n) is 17.3. The highest BCUT2D eigenvalue weighted by Gasteiger charge is 2.20. The lowest BCUT2D eigenvalue weighted by Gasteiger charge is -2.17. The average Bonchev–Trinajstić information content (AvgIpc) is 3.20. The molecule has 0 aliphatic carbocycles. The second-order valence-electron chi connectivity index (χ2n) is 7.04. The molecule has 0 N–H and O–H groups in total. The van der Waals surface area contributed by atoms with Crippen LogP contribution in [-0.2, 0) is 11.8 Å². The molecule has 2 heterocycles. The maximum Gasteiger partial charge on any atom is 0.191 e. The van der Waals surface area contributed by atoms with Crippen molar-refractivity contribution in [3.63, 3.8) is 0 Å². The van der Waals surface area contributed by atoms with Crippen LogP contribution in [0, 0.1) is 13.8 Å². The summed E-state index contributed by atoms with van der Waals surface area (Å²) in [6.07, 6.45) is 0. The van der Waals surface area contributed by atoms with Crippen molar-refractivity contribution in [2.75, 3.05) is 19.5 Å². The maximum absolute atomic E-state index is 12.9. The molecule has 8 heteroatoms. The van der Waals surface area contributed by atoms with E-state index in [1.54, 1.807) is 7.11 Å². The minimum atomic E-state index is 0.0787. The molecule has 1 unspecified atom stereocenters. The molecular weight excluding hydrogens is 408 g/mol. The van der Waals surface area contributed by atoms with Crippen molar-refractivity contribution in [2.24, 2.45) is 7.05 Å². The summed E-state index contributed by atoms with van der Waals surface area (Å²) < 4.78 is 9.32. The Bertz CT molecular complexity index is 1010. The summed E-state index contributed by atoms with van der Waals surface area (Å²) in [6.45, 7) is 6.69. The molecule has 0 saturated heterocycles. The average molecular weight is 433 g/mol. The number of benzene rings is 1. The highest BCUT2D eigenvalue weighted by molar-refractivity contribution is 7.99. The van der Waals surface area contributed by atoms with Crippen molar-refractivity contribution in [3.05, 3.63) is 52.3 Å². The summed E-state index contributed by atoms with van der Waals surface area (Å²) in [5, 5.41) is 9.89. The number of ketones is 1. The molecule has 3 aromatic rings. The minimum absolute atomic E-state index is 0.0787. The van der Waals surface area contributed by atoms with Gasteiger partial charge in [-0.3, -0.25) is 4.79 Å². The summed E-state index contributed by atoms with van der Waals surface area (Å²) in [5.41, 5.74) is 3.71. The molecule has 0 aliphatic rings. The Morgan fingerprint density at radius 1 is 1.24 bits per heavy atom. The van der Waals surface area contributed by atoms with Gasteiger partial charge in [-0.15, -0.1) is 10.2 Å². The van der Waals surface area contributed by atoms with Crippen molar-refractivity contribution in [2.45, 2.75) is 32.0 Å².